The van der Waals surface area contributed by atoms with Gasteiger partial charge in [-0.25, -0.2) is 0 Å². The third-order valence-electron chi connectivity index (χ3n) is 10.1. The number of likely N-dealkylation sites (tertiary alicyclic amines) is 1. The molecule has 0 unspecified atom stereocenters. The molecule has 2 aromatic carbocycles. The van der Waals surface area contributed by atoms with Crippen molar-refractivity contribution in [3.8, 4) is 5.00 Å². The number of rotatable bonds is 7. The van der Waals surface area contributed by atoms with Crippen molar-refractivity contribution in [1.82, 2.24) is 19.7 Å². The van der Waals surface area contributed by atoms with E-state index in [1.807, 2.05) is 18.3 Å². The molecule has 8 heteroatoms. The van der Waals surface area contributed by atoms with E-state index in [-0.39, 0.29) is 6.04 Å². The van der Waals surface area contributed by atoms with Crippen LogP contribution in [0.15, 0.2) is 59.6 Å². The number of hydrogen-bond acceptors (Lipinski definition) is 7. The van der Waals surface area contributed by atoms with Crippen LogP contribution in [0, 0.1) is 38.5 Å². The highest BCUT2D eigenvalue weighted by Crippen LogP contribution is 2.39. The van der Waals surface area contributed by atoms with Crippen molar-refractivity contribution in [2.24, 2.45) is 22.7 Å². The van der Waals surface area contributed by atoms with E-state index in [1.165, 1.54) is 77.1 Å². The zero-order chi connectivity index (χ0) is 29.2. The molecule has 0 saturated carbocycles. The average molecular weight is 592 g/mol. The Kier molecular flexibility index (Phi) is 6.67. The Bertz CT molecular complexity index is 1650. The summed E-state index contributed by atoms with van der Waals surface area (Å²) in [5.41, 5.74) is 7.49. The van der Waals surface area contributed by atoms with Crippen molar-refractivity contribution in [2.45, 2.75) is 40.2 Å². The van der Waals surface area contributed by atoms with Crippen LogP contribution in [-0.4, -0.2) is 71.2 Å². The van der Waals surface area contributed by atoms with Crippen molar-refractivity contribution < 1.29 is 0 Å². The van der Waals surface area contributed by atoms with Crippen LogP contribution >= 0.6 is 11.3 Å². The summed E-state index contributed by atoms with van der Waals surface area (Å²) in [5.74, 6) is 4.40. The number of nitrogens with zero attached hydrogens (tertiary/aromatic N) is 7. The number of benzene rings is 2. The second-order valence-electron chi connectivity index (χ2n) is 13.3. The van der Waals surface area contributed by atoms with Crippen molar-refractivity contribution in [1.29, 1.82) is 0 Å². The second-order valence-corrected chi connectivity index (χ2v) is 14.5. The molecule has 0 spiro atoms. The highest BCUT2D eigenvalue weighted by molar-refractivity contribution is 7.15. The molecule has 3 fully saturated rings. The first-order valence-electron chi connectivity index (χ1n) is 15.9. The van der Waals surface area contributed by atoms with E-state index in [9.17, 15) is 0 Å². The first-order valence-corrected chi connectivity index (χ1v) is 16.7. The number of aromatic nitrogens is 3. The molecule has 0 amide bonds. The van der Waals surface area contributed by atoms with Crippen LogP contribution in [0.25, 0.3) is 5.00 Å². The number of fused-ring (bicyclic) bond motifs is 3. The minimum absolute atomic E-state index is 0.0508. The molecule has 0 radical (unpaired) electrons. The summed E-state index contributed by atoms with van der Waals surface area (Å²) in [6, 6.07) is 19.9. The van der Waals surface area contributed by atoms with Crippen LogP contribution in [0.2, 0.25) is 0 Å². The summed E-state index contributed by atoms with van der Waals surface area (Å²) in [5, 5.41) is 10.1. The lowest BCUT2D eigenvalue weighted by molar-refractivity contribution is 0.0570. The fourth-order valence-corrected chi connectivity index (χ4v) is 8.80. The summed E-state index contributed by atoms with van der Waals surface area (Å²) in [6.45, 7) is 17.2. The Morgan fingerprint density at radius 1 is 0.767 bits per heavy atom. The summed E-state index contributed by atoms with van der Waals surface area (Å²) >= 11 is 1.82. The molecule has 0 aliphatic carbocycles. The number of para-hydroxylation sites is 1. The smallest absolute Gasteiger partial charge is 0.162 e. The zero-order valence-electron chi connectivity index (χ0n) is 25.7. The van der Waals surface area contributed by atoms with E-state index >= 15 is 0 Å². The normalized spacial score (nSPS) is 21.0. The monoisotopic (exact) mass is 591 g/mol. The van der Waals surface area contributed by atoms with Gasteiger partial charge in [-0.3, -0.25) is 9.56 Å². The molecule has 1 atom stereocenters. The number of aliphatic imine (C=N–C) groups is 1. The molecule has 222 valence electrons. The van der Waals surface area contributed by atoms with Gasteiger partial charge in [-0.15, -0.1) is 21.5 Å². The van der Waals surface area contributed by atoms with E-state index in [2.05, 4.69) is 105 Å². The SMILES string of the molecule is Cc1sc2c(c1C)C(c1ccc(N3CC(CN4CC(CC5CN(c6ccccc6)C5)C4)C3)cc1)=N[C@@H](C)c1nnc(C)n1-2. The van der Waals surface area contributed by atoms with Gasteiger partial charge in [0.25, 0.3) is 0 Å². The number of anilines is 2. The van der Waals surface area contributed by atoms with E-state index in [0.717, 1.165) is 48.2 Å². The molecular formula is C35H41N7S. The zero-order valence-corrected chi connectivity index (χ0v) is 26.5. The highest BCUT2D eigenvalue weighted by atomic mass is 32.1. The van der Waals surface area contributed by atoms with Gasteiger partial charge in [0, 0.05) is 79.1 Å². The first kappa shape index (κ1) is 27.1. The van der Waals surface area contributed by atoms with Gasteiger partial charge in [0.15, 0.2) is 5.82 Å². The summed E-state index contributed by atoms with van der Waals surface area (Å²) < 4.78 is 2.21. The predicted octanol–water partition coefficient (Wildman–Crippen LogP) is 6.06. The maximum Gasteiger partial charge on any atom is 0.162 e. The molecule has 4 aromatic rings. The molecule has 7 nitrogen and oxygen atoms in total. The fourth-order valence-electron chi connectivity index (χ4n) is 7.59. The standard InChI is InChI=1S/C35H41N7S/c1-22-24(3)43-35-32(22)33(36-23(2)34-38-37-25(4)42(34)35)29-10-12-31(13-11-29)41-20-28(21-41)17-39-15-26(16-39)14-27-18-40(19-27)30-8-6-5-7-9-30/h5-13,23,26-28H,14-21H2,1-4H3/t23-/m0/s1. The Balaban J connectivity index is 0.850. The summed E-state index contributed by atoms with van der Waals surface area (Å²) in [6.07, 6.45) is 1.40. The van der Waals surface area contributed by atoms with Gasteiger partial charge in [-0.2, -0.15) is 0 Å². The predicted molar refractivity (Wildman–Crippen MR) is 176 cm³/mol. The van der Waals surface area contributed by atoms with Crippen LogP contribution in [0.5, 0.6) is 0 Å². The molecule has 4 aliphatic rings. The van der Waals surface area contributed by atoms with Crippen LogP contribution in [-0.2, 0) is 0 Å². The summed E-state index contributed by atoms with van der Waals surface area (Å²) in [4.78, 5) is 14.3. The molecule has 43 heavy (non-hydrogen) atoms. The molecule has 3 saturated heterocycles. The third-order valence-corrected chi connectivity index (χ3v) is 11.3. The van der Waals surface area contributed by atoms with Crippen molar-refractivity contribution in [3.05, 3.63) is 87.8 Å². The van der Waals surface area contributed by atoms with Gasteiger partial charge < -0.3 is 14.7 Å². The summed E-state index contributed by atoms with van der Waals surface area (Å²) in [7, 11) is 0. The van der Waals surface area contributed by atoms with Gasteiger partial charge >= 0.3 is 0 Å². The van der Waals surface area contributed by atoms with Crippen molar-refractivity contribution in [3.63, 3.8) is 0 Å². The number of thiophene rings is 1. The largest absolute Gasteiger partial charge is 0.371 e. The van der Waals surface area contributed by atoms with Crippen LogP contribution in [0.1, 0.15) is 52.6 Å². The molecule has 4 aliphatic heterocycles. The van der Waals surface area contributed by atoms with Crippen molar-refractivity contribution >= 4 is 28.4 Å². The van der Waals surface area contributed by atoms with Crippen LogP contribution < -0.4 is 9.80 Å². The third kappa shape index (κ3) is 4.79. The highest BCUT2D eigenvalue weighted by Gasteiger charge is 2.37. The first-order chi connectivity index (χ1) is 20.9. The van der Waals surface area contributed by atoms with Gasteiger partial charge in [0.1, 0.15) is 16.9 Å². The lowest BCUT2D eigenvalue weighted by Gasteiger charge is -2.49. The van der Waals surface area contributed by atoms with Gasteiger partial charge in [0.05, 0.1) is 5.71 Å². The van der Waals surface area contributed by atoms with Gasteiger partial charge in [-0.05, 0) is 75.8 Å². The Hall–Kier alpha value is -3.49. The lowest BCUT2D eigenvalue weighted by Crippen LogP contribution is -2.57. The Labute approximate surface area is 258 Å². The second kappa shape index (κ2) is 10.6. The Morgan fingerprint density at radius 3 is 2.14 bits per heavy atom. The topological polar surface area (TPSA) is 52.8 Å². The minimum atomic E-state index is -0.0508. The molecule has 2 aromatic heterocycles. The Morgan fingerprint density at radius 2 is 1.42 bits per heavy atom. The van der Waals surface area contributed by atoms with E-state index < -0.39 is 0 Å². The fraction of sp³-hybridized carbons (Fsp3) is 0.457. The van der Waals surface area contributed by atoms with E-state index in [4.69, 9.17) is 4.99 Å². The van der Waals surface area contributed by atoms with Crippen LogP contribution in [0.4, 0.5) is 11.4 Å². The van der Waals surface area contributed by atoms with Gasteiger partial charge in [-0.1, -0.05) is 30.3 Å². The molecule has 0 N–H and O–H groups in total. The average Bonchev–Trinajstić information content (AvgIpc) is 3.43. The van der Waals surface area contributed by atoms with Crippen LogP contribution in [0.3, 0.4) is 0 Å². The van der Waals surface area contributed by atoms with E-state index in [1.54, 1.807) is 0 Å². The quantitative estimate of drug-likeness (QED) is 0.262. The number of aryl methyl sites for hydroxylation is 2. The maximum absolute atomic E-state index is 5.21. The molecule has 6 heterocycles. The van der Waals surface area contributed by atoms with E-state index in [0.29, 0.717) is 0 Å². The minimum Gasteiger partial charge on any atom is -0.371 e. The molecular weight excluding hydrogens is 551 g/mol. The van der Waals surface area contributed by atoms with Gasteiger partial charge in [0.2, 0.25) is 0 Å². The number of hydrogen-bond donors (Lipinski definition) is 0. The van der Waals surface area contributed by atoms with Crippen molar-refractivity contribution in [2.75, 3.05) is 55.6 Å². The molecule has 8 rings (SSSR count). The lowest BCUT2D eigenvalue weighted by atomic mass is 9.83. The molecule has 0 bridgehead atoms. The maximum atomic E-state index is 5.21.